The number of nitrogens with zero attached hydrogens (tertiary/aromatic N) is 1. The first-order chi connectivity index (χ1) is 11.3. The van der Waals surface area contributed by atoms with Gasteiger partial charge in [-0.1, -0.05) is 48.5 Å². The van der Waals surface area contributed by atoms with Gasteiger partial charge < -0.3 is 14.7 Å². The van der Waals surface area contributed by atoms with Crippen LogP contribution in [0.5, 0.6) is 0 Å². The predicted octanol–water partition coefficient (Wildman–Crippen LogP) is 2.02. The van der Waals surface area contributed by atoms with Gasteiger partial charge in [-0.3, -0.25) is 4.79 Å². The maximum Gasteiger partial charge on any atom is 0.234 e. The highest BCUT2D eigenvalue weighted by molar-refractivity contribution is 5.96. The number of benzene rings is 2. The lowest BCUT2D eigenvalue weighted by atomic mass is 9.95. The highest BCUT2D eigenvalue weighted by Crippen LogP contribution is 2.45. The number of fused-ring (bicyclic) bond motifs is 3. The second-order valence-electron chi connectivity index (χ2n) is 6.12. The quantitative estimate of drug-likeness (QED) is 0.877. The Morgan fingerprint density at radius 3 is 2.30 bits per heavy atom. The average molecular weight is 309 g/mol. The van der Waals surface area contributed by atoms with Gasteiger partial charge in [-0.2, -0.15) is 0 Å². The highest BCUT2D eigenvalue weighted by Gasteiger charge is 2.36. The molecule has 1 atom stereocenters. The Morgan fingerprint density at radius 2 is 1.65 bits per heavy atom. The monoisotopic (exact) mass is 309 g/mol. The molecule has 1 unspecified atom stereocenters. The first-order valence-corrected chi connectivity index (χ1v) is 7.98. The van der Waals surface area contributed by atoms with Crippen molar-refractivity contribution in [1.29, 1.82) is 0 Å². The van der Waals surface area contributed by atoms with Gasteiger partial charge >= 0.3 is 0 Å². The Morgan fingerprint density at radius 1 is 1.04 bits per heavy atom. The van der Waals surface area contributed by atoms with Crippen LogP contribution in [0.2, 0.25) is 0 Å². The molecule has 0 spiro atoms. The zero-order valence-electron chi connectivity index (χ0n) is 12.8. The van der Waals surface area contributed by atoms with Gasteiger partial charge in [-0.25, -0.2) is 0 Å². The number of hydrogen-bond donors (Lipinski definition) is 1. The van der Waals surface area contributed by atoms with E-state index in [4.69, 9.17) is 4.74 Å². The van der Waals surface area contributed by atoms with Crippen LogP contribution in [0.1, 0.15) is 17.0 Å². The summed E-state index contributed by atoms with van der Waals surface area (Å²) in [7, 11) is 0. The van der Waals surface area contributed by atoms with Gasteiger partial charge in [-0.15, -0.1) is 0 Å². The summed E-state index contributed by atoms with van der Waals surface area (Å²) in [5.74, 6) is -0.236. The summed E-state index contributed by atoms with van der Waals surface area (Å²) in [6, 6.07) is 16.2. The zero-order valence-corrected chi connectivity index (χ0v) is 12.8. The van der Waals surface area contributed by atoms with E-state index in [1.807, 2.05) is 36.4 Å². The lowest BCUT2D eigenvalue weighted by Gasteiger charge is -2.25. The van der Waals surface area contributed by atoms with E-state index in [9.17, 15) is 9.90 Å². The van der Waals surface area contributed by atoms with E-state index in [2.05, 4.69) is 12.1 Å². The average Bonchev–Trinajstić information content (AvgIpc) is 2.75. The lowest BCUT2D eigenvalue weighted by molar-refractivity contribution is -0.132. The Hall–Kier alpha value is -2.17. The number of β-amino-alcohol motifs (C(OH)–C–C–N with tert-alkyl or cyclic N) is 1. The topological polar surface area (TPSA) is 49.8 Å². The first kappa shape index (κ1) is 14.4. The van der Waals surface area contributed by atoms with Crippen LogP contribution in [0.25, 0.3) is 11.1 Å². The van der Waals surface area contributed by atoms with E-state index in [0.29, 0.717) is 26.3 Å². The molecule has 1 aliphatic heterocycles. The number of carbonyl (C=O) groups is 1. The van der Waals surface area contributed by atoms with Crippen LogP contribution in [-0.4, -0.2) is 48.3 Å². The van der Waals surface area contributed by atoms with Crippen molar-refractivity contribution in [3.05, 3.63) is 59.7 Å². The van der Waals surface area contributed by atoms with E-state index < -0.39 is 6.10 Å². The third-order valence-electron chi connectivity index (χ3n) is 4.64. The standard InChI is InChI=1S/C19H19NO3/c21-13-11-20(9-10-23-12-13)19(22)18-16-7-3-1-5-14(16)15-6-2-4-8-17(15)18/h1-8,13,18,21H,9-12H2. The van der Waals surface area contributed by atoms with Crippen LogP contribution in [0, 0.1) is 0 Å². The highest BCUT2D eigenvalue weighted by atomic mass is 16.5. The summed E-state index contributed by atoms with van der Waals surface area (Å²) in [6.45, 7) is 1.62. The number of hydrogen-bond acceptors (Lipinski definition) is 3. The van der Waals surface area contributed by atoms with E-state index in [0.717, 1.165) is 22.3 Å². The molecule has 0 saturated carbocycles. The van der Waals surface area contributed by atoms with Crippen molar-refractivity contribution in [1.82, 2.24) is 4.90 Å². The van der Waals surface area contributed by atoms with Crippen molar-refractivity contribution >= 4 is 5.91 Å². The van der Waals surface area contributed by atoms with E-state index >= 15 is 0 Å². The molecule has 1 heterocycles. The molecule has 1 amide bonds. The van der Waals surface area contributed by atoms with Crippen molar-refractivity contribution < 1.29 is 14.6 Å². The van der Waals surface area contributed by atoms with Gasteiger partial charge in [0.2, 0.25) is 5.91 Å². The predicted molar refractivity (Wildman–Crippen MR) is 87.1 cm³/mol. The molecule has 0 bridgehead atoms. The summed E-state index contributed by atoms with van der Waals surface area (Å²) < 4.78 is 5.34. The largest absolute Gasteiger partial charge is 0.389 e. The fraction of sp³-hybridized carbons (Fsp3) is 0.316. The summed E-state index contributed by atoms with van der Waals surface area (Å²) in [5.41, 5.74) is 4.37. The van der Waals surface area contributed by atoms with Gasteiger partial charge in [0.05, 0.1) is 25.2 Å². The number of aliphatic hydroxyl groups is 1. The molecule has 2 aromatic carbocycles. The number of rotatable bonds is 1. The molecule has 23 heavy (non-hydrogen) atoms. The number of carbonyl (C=O) groups excluding carboxylic acids is 1. The molecular formula is C19H19NO3. The molecule has 4 nitrogen and oxygen atoms in total. The Labute approximate surface area is 135 Å². The van der Waals surface area contributed by atoms with Crippen molar-refractivity contribution in [3.8, 4) is 11.1 Å². The molecule has 1 saturated heterocycles. The molecule has 2 aromatic rings. The van der Waals surface area contributed by atoms with Crippen molar-refractivity contribution in [2.45, 2.75) is 12.0 Å². The Kier molecular flexibility index (Phi) is 3.63. The van der Waals surface area contributed by atoms with Gasteiger partial charge in [-0.05, 0) is 22.3 Å². The zero-order chi connectivity index (χ0) is 15.8. The van der Waals surface area contributed by atoms with Crippen LogP contribution in [-0.2, 0) is 9.53 Å². The van der Waals surface area contributed by atoms with E-state index in [-0.39, 0.29) is 11.8 Å². The fourth-order valence-corrected chi connectivity index (χ4v) is 3.60. The maximum absolute atomic E-state index is 13.2. The molecule has 4 rings (SSSR count). The number of aliphatic hydroxyl groups excluding tert-OH is 1. The molecule has 118 valence electrons. The molecular weight excluding hydrogens is 290 g/mol. The third-order valence-corrected chi connectivity index (χ3v) is 4.64. The van der Waals surface area contributed by atoms with Gasteiger partial charge in [0.1, 0.15) is 0 Å². The molecule has 2 aliphatic rings. The first-order valence-electron chi connectivity index (χ1n) is 7.98. The lowest BCUT2D eigenvalue weighted by Crippen LogP contribution is -2.40. The second-order valence-corrected chi connectivity index (χ2v) is 6.12. The van der Waals surface area contributed by atoms with Gasteiger partial charge in [0.25, 0.3) is 0 Å². The minimum atomic E-state index is -0.617. The van der Waals surface area contributed by atoms with Crippen LogP contribution in [0.15, 0.2) is 48.5 Å². The normalized spacial score (nSPS) is 20.7. The number of amides is 1. The van der Waals surface area contributed by atoms with Gasteiger partial charge in [0, 0.05) is 13.1 Å². The van der Waals surface area contributed by atoms with Crippen LogP contribution in [0.3, 0.4) is 0 Å². The molecule has 1 aliphatic carbocycles. The fourth-order valence-electron chi connectivity index (χ4n) is 3.60. The molecule has 0 aromatic heterocycles. The van der Waals surface area contributed by atoms with Crippen molar-refractivity contribution in [3.63, 3.8) is 0 Å². The summed E-state index contributed by atoms with van der Waals surface area (Å²) in [6.07, 6.45) is -0.617. The van der Waals surface area contributed by atoms with Crippen LogP contribution in [0.4, 0.5) is 0 Å². The van der Waals surface area contributed by atoms with E-state index in [1.165, 1.54) is 0 Å². The van der Waals surface area contributed by atoms with Crippen LogP contribution < -0.4 is 0 Å². The summed E-state index contributed by atoms with van der Waals surface area (Å²) >= 11 is 0. The molecule has 1 fully saturated rings. The van der Waals surface area contributed by atoms with Crippen LogP contribution >= 0.6 is 0 Å². The summed E-state index contributed by atoms with van der Waals surface area (Å²) in [4.78, 5) is 14.9. The third kappa shape index (κ3) is 2.44. The van der Waals surface area contributed by atoms with Crippen molar-refractivity contribution in [2.75, 3.05) is 26.3 Å². The molecule has 1 N–H and O–H groups in total. The molecule has 0 radical (unpaired) electrons. The Balaban J connectivity index is 1.74. The minimum Gasteiger partial charge on any atom is -0.389 e. The maximum atomic E-state index is 13.2. The number of ether oxygens (including phenoxy) is 1. The minimum absolute atomic E-state index is 0.0481. The second kappa shape index (κ2) is 5.80. The van der Waals surface area contributed by atoms with Crippen molar-refractivity contribution in [2.24, 2.45) is 0 Å². The SMILES string of the molecule is O=C(C1c2ccccc2-c2ccccc21)N1CCOCC(O)C1. The smallest absolute Gasteiger partial charge is 0.234 e. The Bertz CT molecular complexity index is 697. The summed E-state index contributed by atoms with van der Waals surface area (Å²) in [5, 5.41) is 9.92. The molecule has 4 heteroatoms. The van der Waals surface area contributed by atoms with Gasteiger partial charge in [0.15, 0.2) is 0 Å². The van der Waals surface area contributed by atoms with E-state index in [1.54, 1.807) is 4.90 Å².